The van der Waals surface area contributed by atoms with Gasteiger partial charge in [0, 0.05) is 31.0 Å². The van der Waals surface area contributed by atoms with Crippen molar-refractivity contribution in [2.24, 2.45) is 7.05 Å². The average Bonchev–Trinajstić information content (AvgIpc) is 2.42. The summed E-state index contributed by atoms with van der Waals surface area (Å²) >= 11 is 0. The summed E-state index contributed by atoms with van der Waals surface area (Å²) in [6, 6.07) is 0. The fourth-order valence-corrected chi connectivity index (χ4v) is 1.04. The molecule has 1 aromatic heterocycles. The van der Waals surface area contributed by atoms with Crippen LogP contribution in [-0.4, -0.2) is 26.8 Å². The first-order valence-corrected chi connectivity index (χ1v) is 4.21. The van der Waals surface area contributed by atoms with E-state index in [4.69, 9.17) is 5.11 Å². The summed E-state index contributed by atoms with van der Waals surface area (Å²) in [6.07, 6.45) is 3.46. The van der Waals surface area contributed by atoms with Gasteiger partial charge >= 0.3 is 5.97 Å². The Morgan fingerprint density at radius 1 is 1.53 bits per heavy atom. The van der Waals surface area contributed by atoms with Gasteiger partial charge in [-0.25, -0.2) is 4.79 Å². The molecule has 0 saturated carbocycles. The van der Waals surface area contributed by atoms with Crippen LogP contribution in [0.3, 0.4) is 0 Å². The van der Waals surface area contributed by atoms with Crippen molar-refractivity contribution in [1.29, 1.82) is 0 Å². The van der Waals surface area contributed by atoms with Crippen molar-refractivity contribution in [3.63, 3.8) is 0 Å². The van der Waals surface area contributed by atoms with E-state index in [0.717, 1.165) is 17.7 Å². The number of carbonyl (C=O) groups excluding carboxylic acids is 1. The first kappa shape index (κ1) is 11.0. The van der Waals surface area contributed by atoms with Crippen molar-refractivity contribution in [1.82, 2.24) is 9.78 Å². The average molecular weight is 209 g/mol. The molecule has 80 valence electrons. The predicted octanol–water partition coefficient (Wildman–Crippen LogP) is 0.308. The Morgan fingerprint density at radius 2 is 2.20 bits per heavy atom. The van der Waals surface area contributed by atoms with Gasteiger partial charge in [0.2, 0.25) is 5.91 Å². The number of aromatic nitrogens is 2. The van der Waals surface area contributed by atoms with Gasteiger partial charge in [-0.05, 0) is 6.92 Å². The second-order valence-electron chi connectivity index (χ2n) is 3.00. The summed E-state index contributed by atoms with van der Waals surface area (Å²) < 4.78 is 1.56. The number of carbonyl (C=O) groups is 2. The third kappa shape index (κ3) is 3.26. The molecule has 1 amide bonds. The van der Waals surface area contributed by atoms with Crippen LogP contribution in [0.1, 0.15) is 5.56 Å². The van der Waals surface area contributed by atoms with Crippen LogP contribution in [0.15, 0.2) is 18.3 Å². The zero-order valence-corrected chi connectivity index (χ0v) is 8.39. The molecule has 0 spiro atoms. The SMILES string of the molecule is Cc1cn(C)nc1NC(=O)/C=C\C(=O)O. The number of hydrogen-bond acceptors (Lipinski definition) is 3. The zero-order valence-electron chi connectivity index (χ0n) is 8.39. The van der Waals surface area contributed by atoms with E-state index in [0.29, 0.717) is 5.82 Å². The third-order valence-electron chi connectivity index (χ3n) is 1.63. The van der Waals surface area contributed by atoms with E-state index in [-0.39, 0.29) is 0 Å². The molecule has 0 fully saturated rings. The van der Waals surface area contributed by atoms with Crippen LogP contribution in [-0.2, 0) is 16.6 Å². The molecule has 1 heterocycles. The maximum atomic E-state index is 11.2. The zero-order chi connectivity index (χ0) is 11.4. The van der Waals surface area contributed by atoms with E-state index in [1.807, 2.05) is 0 Å². The Balaban J connectivity index is 2.66. The Labute approximate surface area is 86.2 Å². The number of carboxylic acid groups (broad SMARTS) is 1. The molecule has 0 radical (unpaired) electrons. The number of aryl methyl sites for hydroxylation is 2. The Bertz CT molecular complexity index is 420. The molecule has 0 unspecified atom stereocenters. The van der Waals surface area contributed by atoms with E-state index in [1.165, 1.54) is 0 Å². The van der Waals surface area contributed by atoms with Crippen molar-refractivity contribution in [3.8, 4) is 0 Å². The van der Waals surface area contributed by atoms with Gasteiger partial charge in [0.15, 0.2) is 5.82 Å². The van der Waals surface area contributed by atoms with Crippen molar-refractivity contribution in [2.75, 3.05) is 5.32 Å². The molecule has 0 saturated heterocycles. The molecule has 0 atom stereocenters. The molecule has 15 heavy (non-hydrogen) atoms. The van der Waals surface area contributed by atoms with Crippen molar-refractivity contribution in [3.05, 3.63) is 23.9 Å². The molecule has 6 heteroatoms. The summed E-state index contributed by atoms with van der Waals surface area (Å²) in [6.45, 7) is 1.80. The molecule has 0 aromatic carbocycles. The Hall–Kier alpha value is -2.11. The van der Waals surface area contributed by atoms with Gasteiger partial charge in [-0.15, -0.1) is 0 Å². The summed E-state index contributed by atoms with van der Waals surface area (Å²) in [5.41, 5.74) is 0.814. The lowest BCUT2D eigenvalue weighted by Crippen LogP contribution is -2.10. The Morgan fingerprint density at radius 3 is 2.67 bits per heavy atom. The van der Waals surface area contributed by atoms with Crippen LogP contribution in [0.5, 0.6) is 0 Å². The largest absolute Gasteiger partial charge is 0.478 e. The van der Waals surface area contributed by atoms with Gasteiger partial charge in [-0.3, -0.25) is 9.48 Å². The molecule has 6 nitrogen and oxygen atoms in total. The topological polar surface area (TPSA) is 84.2 Å². The number of carboxylic acids is 1. The first-order chi connectivity index (χ1) is 6.99. The molecular formula is C9H11N3O3. The molecule has 1 rings (SSSR count). The quantitative estimate of drug-likeness (QED) is 0.701. The lowest BCUT2D eigenvalue weighted by Gasteiger charge is -1.97. The fourth-order valence-electron chi connectivity index (χ4n) is 1.04. The second kappa shape index (κ2) is 4.41. The van der Waals surface area contributed by atoms with E-state index in [1.54, 1.807) is 24.9 Å². The number of nitrogens with one attached hydrogen (secondary N) is 1. The van der Waals surface area contributed by atoms with Gasteiger partial charge in [0.05, 0.1) is 0 Å². The van der Waals surface area contributed by atoms with Crippen molar-refractivity contribution < 1.29 is 14.7 Å². The van der Waals surface area contributed by atoms with Gasteiger partial charge in [0.1, 0.15) is 0 Å². The number of hydrogen-bond donors (Lipinski definition) is 2. The summed E-state index contributed by atoms with van der Waals surface area (Å²) in [7, 11) is 1.73. The minimum absolute atomic E-state index is 0.428. The highest BCUT2D eigenvalue weighted by molar-refractivity contribution is 6.02. The Kier molecular flexibility index (Phi) is 3.22. The molecule has 0 aliphatic rings. The number of nitrogens with zero attached hydrogens (tertiary/aromatic N) is 2. The van der Waals surface area contributed by atoms with E-state index < -0.39 is 11.9 Å². The van der Waals surface area contributed by atoms with Gasteiger partial charge in [-0.2, -0.15) is 5.10 Å². The van der Waals surface area contributed by atoms with E-state index in [9.17, 15) is 9.59 Å². The second-order valence-corrected chi connectivity index (χ2v) is 3.00. The number of rotatable bonds is 3. The normalized spacial score (nSPS) is 10.5. The number of amides is 1. The van der Waals surface area contributed by atoms with Crippen LogP contribution in [0.25, 0.3) is 0 Å². The summed E-state index contributed by atoms with van der Waals surface area (Å²) in [5.74, 6) is -1.25. The maximum absolute atomic E-state index is 11.2. The highest BCUT2D eigenvalue weighted by atomic mass is 16.4. The fraction of sp³-hybridized carbons (Fsp3) is 0.222. The maximum Gasteiger partial charge on any atom is 0.328 e. The van der Waals surface area contributed by atoms with Crippen LogP contribution in [0.4, 0.5) is 5.82 Å². The molecular weight excluding hydrogens is 198 g/mol. The predicted molar refractivity (Wildman–Crippen MR) is 53.4 cm³/mol. The number of anilines is 1. The highest BCUT2D eigenvalue weighted by Gasteiger charge is 2.05. The van der Waals surface area contributed by atoms with Crippen molar-refractivity contribution >= 4 is 17.7 Å². The standard InChI is InChI=1S/C9H11N3O3/c1-6-5-12(2)11-9(6)10-7(13)3-4-8(14)15/h3-5H,1-2H3,(H,14,15)(H,10,11,13)/b4-3-. The number of aliphatic carboxylic acids is 1. The van der Waals surface area contributed by atoms with E-state index in [2.05, 4.69) is 10.4 Å². The lowest BCUT2D eigenvalue weighted by molar-refractivity contribution is -0.131. The van der Waals surface area contributed by atoms with Gasteiger partial charge < -0.3 is 10.4 Å². The van der Waals surface area contributed by atoms with Gasteiger partial charge in [-0.1, -0.05) is 0 Å². The third-order valence-corrected chi connectivity index (χ3v) is 1.63. The molecule has 1 aromatic rings. The van der Waals surface area contributed by atoms with Crippen LogP contribution in [0, 0.1) is 6.92 Å². The molecule has 0 bridgehead atoms. The van der Waals surface area contributed by atoms with Gasteiger partial charge in [0.25, 0.3) is 0 Å². The van der Waals surface area contributed by atoms with Crippen molar-refractivity contribution in [2.45, 2.75) is 6.92 Å². The van der Waals surface area contributed by atoms with E-state index >= 15 is 0 Å². The van der Waals surface area contributed by atoms with Crippen LogP contribution in [0.2, 0.25) is 0 Å². The lowest BCUT2D eigenvalue weighted by atomic mass is 10.3. The minimum Gasteiger partial charge on any atom is -0.478 e. The molecule has 0 aliphatic carbocycles. The monoisotopic (exact) mass is 209 g/mol. The van der Waals surface area contributed by atoms with Crippen LogP contribution >= 0.6 is 0 Å². The highest BCUT2D eigenvalue weighted by Crippen LogP contribution is 2.09. The molecule has 2 N–H and O–H groups in total. The smallest absolute Gasteiger partial charge is 0.328 e. The molecule has 0 aliphatic heterocycles. The summed E-state index contributed by atoms with van der Waals surface area (Å²) in [4.78, 5) is 21.3. The first-order valence-electron chi connectivity index (χ1n) is 4.21. The minimum atomic E-state index is -1.16. The van der Waals surface area contributed by atoms with Crippen LogP contribution < -0.4 is 5.32 Å². The summed E-state index contributed by atoms with van der Waals surface area (Å²) in [5, 5.41) is 14.7.